The van der Waals surface area contributed by atoms with Crippen molar-refractivity contribution in [2.24, 2.45) is 7.05 Å². The maximum atomic E-state index is 4.63. The Morgan fingerprint density at radius 1 is 1.24 bits per heavy atom. The molecule has 2 rings (SSSR count). The van der Waals surface area contributed by atoms with Crippen molar-refractivity contribution in [3.8, 4) is 11.3 Å². The fourth-order valence-corrected chi connectivity index (χ4v) is 3.16. The third-order valence-corrected chi connectivity index (χ3v) is 3.76. The minimum Gasteiger partial charge on any atom is -0.271 e. The lowest BCUT2D eigenvalue weighted by Gasteiger charge is -2.05. The molecule has 0 amide bonds. The Labute approximate surface area is 111 Å². The van der Waals surface area contributed by atoms with Crippen LogP contribution in [-0.2, 0) is 7.05 Å². The van der Waals surface area contributed by atoms with Crippen molar-refractivity contribution in [1.29, 1.82) is 0 Å². The molecule has 0 aliphatic rings. The fourth-order valence-electron chi connectivity index (χ4n) is 2.15. The zero-order valence-corrected chi connectivity index (χ0v) is 12.2. The van der Waals surface area contributed by atoms with E-state index >= 15 is 0 Å². The van der Waals surface area contributed by atoms with E-state index in [1.54, 1.807) is 0 Å². The van der Waals surface area contributed by atoms with Gasteiger partial charge in [-0.15, -0.1) is 0 Å². The zero-order chi connectivity index (χ0) is 12.6. The monoisotopic (exact) mass is 292 g/mol. The smallest absolute Gasteiger partial charge is 0.107 e. The maximum absolute atomic E-state index is 4.63. The van der Waals surface area contributed by atoms with Crippen molar-refractivity contribution in [2.75, 3.05) is 0 Å². The van der Waals surface area contributed by atoms with Crippen LogP contribution >= 0.6 is 15.9 Å². The lowest BCUT2D eigenvalue weighted by molar-refractivity contribution is 0.668. The summed E-state index contributed by atoms with van der Waals surface area (Å²) in [6.07, 6.45) is 0. The van der Waals surface area contributed by atoms with E-state index in [0.717, 1.165) is 10.2 Å². The molecule has 0 spiro atoms. The summed E-state index contributed by atoms with van der Waals surface area (Å²) in [5.74, 6) is 0.458. The molecule has 17 heavy (non-hydrogen) atoms. The third kappa shape index (κ3) is 2.16. The molecule has 0 atom stereocenters. The van der Waals surface area contributed by atoms with Crippen molar-refractivity contribution in [2.45, 2.75) is 26.7 Å². The summed E-state index contributed by atoms with van der Waals surface area (Å²) < 4.78 is 3.08. The van der Waals surface area contributed by atoms with E-state index < -0.39 is 0 Å². The van der Waals surface area contributed by atoms with E-state index in [1.165, 1.54) is 16.8 Å². The summed E-state index contributed by atoms with van der Waals surface area (Å²) in [7, 11) is 2.00. The predicted molar refractivity (Wildman–Crippen MR) is 75.2 cm³/mol. The van der Waals surface area contributed by atoms with Crippen LogP contribution in [0.2, 0.25) is 0 Å². The highest BCUT2D eigenvalue weighted by Crippen LogP contribution is 2.34. The van der Waals surface area contributed by atoms with Gasteiger partial charge in [-0.05, 0) is 34.3 Å². The Morgan fingerprint density at radius 2 is 1.88 bits per heavy atom. The van der Waals surface area contributed by atoms with Gasteiger partial charge in [0.05, 0.1) is 10.2 Å². The first-order valence-corrected chi connectivity index (χ1v) is 6.60. The Morgan fingerprint density at radius 3 is 2.41 bits per heavy atom. The Hall–Kier alpha value is -1.09. The first kappa shape index (κ1) is 12.4. The average Bonchev–Trinajstić information content (AvgIpc) is 2.55. The molecule has 0 aliphatic carbocycles. The largest absolute Gasteiger partial charge is 0.271 e. The second kappa shape index (κ2) is 4.65. The minimum absolute atomic E-state index is 0.458. The fraction of sp³-hybridized carbons (Fsp3) is 0.357. The van der Waals surface area contributed by atoms with Crippen LogP contribution in [0.25, 0.3) is 11.3 Å². The van der Waals surface area contributed by atoms with Crippen molar-refractivity contribution in [3.05, 3.63) is 40.0 Å². The molecule has 90 valence electrons. The molecule has 1 aromatic carbocycles. The van der Waals surface area contributed by atoms with E-state index in [-0.39, 0.29) is 0 Å². The van der Waals surface area contributed by atoms with E-state index in [4.69, 9.17) is 0 Å². The van der Waals surface area contributed by atoms with Gasteiger partial charge in [0.1, 0.15) is 5.69 Å². The van der Waals surface area contributed by atoms with Crippen LogP contribution in [-0.4, -0.2) is 9.78 Å². The highest BCUT2D eigenvalue weighted by Gasteiger charge is 2.18. The summed E-state index contributed by atoms with van der Waals surface area (Å²) in [5.41, 5.74) is 4.72. The van der Waals surface area contributed by atoms with Crippen molar-refractivity contribution < 1.29 is 0 Å². The van der Waals surface area contributed by atoms with Crippen molar-refractivity contribution >= 4 is 15.9 Å². The zero-order valence-electron chi connectivity index (χ0n) is 10.7. The Balaban J connectivity index is 2.62. The summed E-state index contributed by atoms with van der Waals surface area (Å²) in [6, 6.07) is 8.34. The van der Waals surface area contributed by atoms with Crippen LogP contribution in [0.4, 0.5) is 0 Å². The molecular weight excluding hydrogens is 276 g/mol. The third-order valence-electron chi connectivity index (χ3n) is 2.98. The van der Waals surface area contributed by atoms with Crippen LogP contribution < -0.4 is 0 Å². The Bertz CT molecular complexity index is 541. The first-order valence-electron chi connectivity index (χ1n) is 5.80. The number of hydrogen-bond acceptors (Lipinski definition) is 1. The number of halogens is 1. The van der Waals surface area contributed by atoms with Gasteiger partial charge in [-0.3, -0.25) is 4.68 Å². The quantitative estimate of drug-likeness (QED) is 0.808. The molecule has 2 aromatic rings. The lowest BCUT2D eigenvalue weighted by Crippen LogP contribution is -1.99. The van der Waals surface area contributed by atoms with E-state index in [9.17, 15) is 0 Å². The predicted octanol–water partition coefficient (Wildman–Crippen LogP) is 4.28. The van der Waals surface area contributed by atoms with Gasteiger partial charge in [0.2, 0.25) is 0 Å². The molecule has 0 saturated heterocycles. The summed E-state index contributed by atoms with van der Waals surface area (Å²) in [4.78, 5) is 0. The number of nitrogens with zero attached hydrogens (tertiary/aromatic N) is 2. The van der Waals surface area contributed by atoms with Crippen LogP contribution in [0.15, 0.2) is 28.7 Å². The molecule has 0 N–H and O–H groups in total. The van der Waals surface area contributed by atoms with Gasteiger partial charge >= 0.3 is 0 Å². The SMILES string of the molecule is Cc1ccccc1-c1nn(C)c(C(C)C)c1Br. The molecule has 0 bridgehead atoms. The molecule has 1 heterocycles. The number of hydrogen-bond donors (Lipinski definition) is 0. The van der Waals surface area contributed by atoms with Crippen LogP contribution in [0, 0.1) is 6.92 Å². The maximum Gasteiger partial charge on any atom is 0.107 e. The van der Waals surface area contributed by atoms with E-state index in [1.807, 2.05) is 11.7 Å². The van der Waals surface area contributed by atoms with Crippen LogP contribution in [0.5, 0.6) is 0 Å². The minimum atomic E-state index is 0.458. The van der Waals surface area contributed by atoms with Gasteiger partial charge in [-0.2, -0.15) is 5.10 Å². The summed E-state index contributed by atoms with van der Waals surface area (Å²) in [6.45, 7) is 6.48. The highest BCUT2D eigenvalue weighted by atomic mass is 79.9. The lowest BCUT2D eigenvalue weighted by atomic mass is 10.0. The van der Waals surface area contributed by atoms with Gasteiger partial charge in [-0.25, -0.2) is 0 Å². The second-order valence-corrected chi connectivity index (χ2v) is 5.43. The number of rotatable bonds is 2. The van der Waals surface area contributed by atoms with Gasteiger partial charge in [-0.1, -0.05) is 38.1 Å². The number of aryl methyl sites for hydroxylation is 2. The second-order valence-electron chi connectivity index (χ2n) is 4.64. The molecule has 2 nitrogen and oxygen atoms in total. The summed E-state index contributed by atoms with van der Waals surface area (Å²) >= 11 is 3.69. The molecular formula is C14H17BrN2. The Kier molecular flexibility index (Phi) is 3.38. The molecule has 1 aromatic heterocycles. The average molecular weight is 293 g/mol. The van der Waals surface area contributed by atoms with Gasteiger partial charge < -0.3 is 0 Å². The standard InChI is InChI=1S/C14H17BrN2/c1-9(2)14-12(15)13(16-17(14)4)11-8-6-5-7-10(11)3/h5-9H,1-4H3. The van der Waals surface area contributed by atoms with Gasteiger partial charge in [0.15, 0.2) is 0 Å². The van der Waals surface area contributed by atoms with Gasteiger partial charge in [0, 0.05) is 12.6 Å². The normalized spacial score (nSPS) is 11.2. The molecule has 0 saturated carbocycles. The van der Waals surface area contributed by atoms with Gasteiger partial charge in [0.25, 0.3) is 0 Å². The van der Waals surface area contributed by atoms with Crippen molar-refractivity contribution in [3.63, 3.8) is 0 Å². The van der Waals surface area contributed by atoms with Crippen LogP contribution in [0.3, 0.4) is 0 Å². The van der Waals surface area contributed by atoms with E-state index in [2.05, 4.69) is 66.1 Å². The molecule has 0 unspecified atom stereocenters. The first-order chi connectivity index (χ1) is 8.02. The molecule has 0 fully saturated rings. The summed E-state index contributed by atoms with van der Waals surface area (Å²) in [5, 5.41) is 4.63. The molecule has 3 heteroatoms. The van der Waals surface area contributed by atoms with E-state index in [0.29, 0.717) is 5.92 Å². The topological polar surface area (TPSA) is 17.8 Å². The highest BCUT2D eigenvalue weighted by molar-refractivity contribution is 9.10. The van der Waals surface area contributed by atoms with Crippen LogP contribution in [0.1, 0.15) is 31.0 Å². The van der Waals surface area contributed by atoms with Crippen molar-refractivity contribution in [1.82, 2.24) is 9.78 Å². The molecule has 0 aliphatic heterocycles. The molecule has 0 radical (unpaired) electrons. The number of benzene rings is 1. The number of aromatic nitrogens is 2.